The second-order valence-corrected chi connectivity index (χ2v) is 5.49. The molecule has 0 fully saturated rings. The van der Waals surface area contributed by atoms with Crippen molar-refractivity contribution in [2.24, 2.45) is 16.6 Å². The molecule has 2 aromatic rings. The number of amidine groups is 1. The fraction of sp³-hybridized carbons (Fsp3) is 0.118. The summed E-state index contributed by atoms with van der Waals surface area (Å²) in [5.74, 6) is -0.676. The Morgan fingerprint density at radius 3 is 2.36 bits per heavy atom. The van der Waals surface area contributed by atoms with Gasteiger partial charge in [0.2, 0.25) is 0 Å². The molecular formula is C17H16BrN3O4. The predicted octanol–water partition coefficient (Wildman–Crippen LogP) is 1.92. The van der Waals surface area contributed by atoms with Crippen molar-refractivity contribution in [2.75, 3.05) is 6.61 Å². The van der Waals surface area contributed by atoms with Gasteiger partial charge in [-0.15, -0.1) is 0 Å². The van der Waals surface area contributed by atoms with Gasteiger partial charge in [-0.25, -0.2) is 4.79 Å². The molecule has 130 valence electrons. The van der Waals surface area contributed by atoms with E-state index in [-0.39, 0.29) is 12.4 Å². The third kappa shape index (κ3) is 5.32. The van der Waals surface area contributed by atoms with E-state index in [4.69, 9.17) is 21.0 Å². The lowest BCUT2D eigenvalue weighted by Gasteiger charge is -2.06. The number of carbonyl (C=O) groups is 2. The Hall–Kier alpha value is -2.87. The van der Waals surface area contributed by atoms with Crippen LogP contribution in [0.1, 0.15) is 21.5 Å². The van der Waals surface area contributed by atoms with Crippen molar-refractivity contribution in [3.05, 3.63) is 65.2 Å². The third-order valence-electron chi connectivity index (χ3n) is 3.14. The molecule has 7 nitrogen and oxygen atoms in total. The van der Waals surface area contributed by atoms with Crippen molar-refractivity contribution < 1.29 is 19.2 Å². The molecule has 2 aromatic carbocycles. The highest BCUT2D eigenvalue weighted by atomic mass is 79.9. The fourth-order valence-corrected chi connectivity index (χ4v) is 2.39. The minimum Gasteiger partial charge on any atom is -0.484 e. The van der Waals surface area contributed by atoms with E-state index in [9.17, 15) is 9.59 Å². The largest absolute Gasteiger partial charge is 0.484 e. The molecule has 0 atom stereocenters. The highest BCUT2D eigenvalue weighted by Crippen LogP contribution is 2.15. The molecule has 2 rings (SSSR count). The van der Waals surface area contributed by atoms with Crippen LogP contribution in [0.5, 0.6) is 5.75 Å². The molecule has 0 aliphatic rings. The third-order valence-corrected chi connectivity index (χ3v) is 3.74. The van der Waals surface area contributed by atoms with E-state index in [1.165, 1.54) is 0 Å². The number of carbonyl (C=O) groups excluding carboxylic acids is 2. The van der Waals surface area contributed by atoms with Crippen molar-refractivity contribution >= 4 is 33.6 Å². The lowest BCUT2D eigenvalue weighted by atomic mass is 10.1. The van der Waals surface area contributed by atoms with Gasteiger partial charge in [-0.2, -0.15) is 0 Å². The highest BCUT2D eigenvalue weighted by molar-refractivity contribution is 9.08. The smallest absolute Gasteiger partial charge is 0.366 e. The Kier molecular flexibility index (Phi) is 6.53. The number of amides is 1. The first-order chi connectivity index (χ1) is 12.0. The lowest BCUT2D eigenvalue weighted by molar-refractivity contribution is -0.119. The molecule has 0 aliphatic heterocycles. The van der Waals surface area contributed by atoms with Gasteiger partial charge in [-0.05, 0) is 35.9 Å². The summed E-state index contributed by atoms with van der Waals surface area (Å²) in [6, 6.07) is 13.5. The Labute approximate surface area is 152 Å². The maximum atomic E-state index is 12.1. The molecule has 0 aromatic heterocycles. The van der Waals surface area contributed by atoms with Crippen LogP contribution in [0.15, 0.2) is 53.7 Å². The van der Waals surface area contributed by atoms with E-state index >= 15 is 0 Å². The number of nitrogens with zero attached hydrogens (tertiary/aromatic N) is 1. The van der Waals surface area contributed by atoms with Gasteiger partial charge < -0.3 is 21.0 Å². The monoisotopic (exact) mass is 405 g/mol. The molecule has 4 N–H and O–H groups in total. The van der Waals surface area contributed by atoms with Gasteiger partial charge in [0, 0.05) is 10.9 Å². The van der Waals surface area contributed by atoms with E-state index in [0.29, 0.717) is 22.2 Å². The average molecular weight is 406 g/mol. The van der Waals surface area contributed by atoms with Crippen LogP contribution in [-0.4, -0.2) is 24.3 Å². The number of halogens is 1. The van der Waals surface area contributed by atoms with Crippen LogP contribution in [0.3, 0.4) is 0 Å². The minimum absolute atomic E-state index is 0.0334. The molecule has 0 heterocycles. The number of rotatable bonds is 7. The first kappa shape index (κ1) is 18.5. The SMILES string of the molecule is NC(=O)COc1ccc(/C(N)=N/OC(=O)c2ccccc2CBr)cc1. The van der Waals surface area contributed by atoms with Crippen LogP contribution in [-0.2, 0) is 15.0 Å². The van der Waals surface area contributed by atoms with Crippen molar-refractivity contribution in [3.8, 4) is 5.75 Å². The molecule has 0 unspecified atom stereocenters. The van der Waals surface area contributed by atoms with Gasteiger partial charge in [0.15, 0.2) is 12.4 Å². The van der Waals surface area contributed by atoms with Crippen LogP contribution < -0.4 is 16.2 Å². The molecule has 1 amide bonds. The van der Waals surface area contributed by atoms with Crippen molar-refractivity contribution in [2.45, 2.75) is 5.33 Å². The summed E-state index contributed by atoms with van der Waals surface area (Å²) < 4.78 is 5.14. The molecule has 0 saturated carbocycles. The number of benzene rings is 2. The van der Waals surface area contributed by atoms with E-state index in [1.807, 2.05) is 12.1 Å². The Bertz CT molecular complexity index is 791. The Balaban J connectivity index is 2.03. The zero-order chi connectivity index (χ0) is 18.2. The number of oxime groups is 1. The molecule has 0 spiro atoms. The number of ether oxygens (including phenoxy) is 1. The number of hydrogen-bond acceptors (Lipinski definition) is 5. The summed E-state index contributed by atoms with van der Waals surface area (Å²) in [6.07, 6.45) is 0. The molecule has 8 heteroatoms. The fourth-order valence-electron chi connectivity index (χ4n) is 1.90. The van der Waals surface area contributed by atoms with Crippen molar-refractivity contribution in [3.63, 3.8) is 0 Å². The molecular weight excluding hydrogens is 390 g/mol. The van der Waals surface area contributed by atoms with Gasteiger partial charge in [0.1, 0.15) is 5.75 Å². The van der Waals surface area contributed by atoms with Gasteiger partial charge >= 0.3 is 5.97 Å². The zero-order valence-corrected chi connectivity index (χ0v) is 14.7. The maximum Gasteiger partial charge on any atom is 0.366 e. The van der Waals surface area contributed by atoms with Crippen LogP contribution in [0.4, 0.5) is 0 Å². The van der Waals surface area contributed by atoms with Gasteiger partial charge in [0.05, 0.1) is 5.56 Å². The normalized spacial score (nSPS) is 11.0. The topological polar surface area (TPSA) is 117 Å². The molecule has 0 radical (unpaired) electrons. The van der Waals surface area contributed by atoms with E-state index < -0.39 is 11.9 Å². The summed E-state index contributed by atoms with van der Waals surface area (Å²) in [5.41, 5.74) is 12.5. The number of hydrogen-bond donors (Lipinski definition) is 2. The summed E-state index contributed by atoms with van der Waals surface area (Å²) >= 11 is 3.31. The standard InChI is InChI=1S/C17H16BrN3O4/c18-9-12-3-1-2-4-14(12)17(23)25-21-16(20)11-5-7-13(8-6-11)24-10-15(19)22/h1-8H,9-10H2,(H2,19,22)(H2,20,21). The van der Waals surface area contributed by atoms with Crippen LogP contribution >= 0.6 is 15.9 Å². The van der Waals surface area contributed by atoms with Crippen molar-refractivity contribution in [1.29, 1.82) is 0 Å². The molecule has 0 aliphatic carbocycles. The first-order valence-corrected chi connectivity index (χ1v) is 8.33. The first-order valence-electron chi connectivity index (χ1n) is 7.21. The Morgan fingerprint density at radius 1 is 1.04 bits per heavy atom. The zero-order valence-electron chi connectivity index (χ0n) is 13.1. The van der Waals surface area contributed by atoms with Gasteiger partial charge in [0.25, 0.3) is 5.91 Å². The predicted molar refractivity (Wildman–Crippen MR) is 96.3 cm³/mol. The summed E-state index contributed by atoms with van der Waals surface area (Å²) in [7, 11) is 0. The molecule has 25 heavy (non-hydrogen) atoms. The van der Waals surface area contributed by atoms with Crippen LogP contribution in [0, 0.1) is 0 Å². The maximum absolute atomic E-state index is 12.1. The van der Waals surface area contributed by atoms with E-state index in [1.54, 1.807) is 36.4 Å². The molecule has 0 bridgehead atoms. The summed E-state index contributed by atoms with van der Waals surface area (Å²) in [4.78, 5) is 27.7. The highest BCUT2D eigenvalue weighted by Gasteiger charge is 2.12. The summed E-state index contributed by atoms with van der Waals surface area (Å²) in [5, 5.41) is 4.18. The van der Waals surface area contributed by atoms with E-state index in [2.05, 4.69) is 21.1 Å². The summed E-state index contributed by atoms with van der Waals surface area (Å²) in [6.45, 7) is -0.215. The number of primary amides is 1. The second kappa shape index (κ2) is 8.84. The van der Waals surface area contributed by atoms with Crippen LogP contribution in [0.25, 0.3) is 0 Å². The van der Waals surface area contributed by atoms with Crippen LogP contribution in [0.2, 0.25) is 0 Å². The van der Waals surface area contributed by atoms with Gasteiger partial charge in [-0.1, -0.05) is 39.3 Å². The van der Waals surface area contributed by atoms with E-state index in [0.717, 1.165) is 5.56 Å². The Morgan fingerprint density at radius 2 is 1.72 bits per heavy atom. The average Bonchev–Trinajstić information content (AvgIpc) is 2.64. The quantitative estimate of drug-likeness (QED) is 0.240. The van der Waals surface area contributed by atoms with Gasteiger partial charge in [-0.3, -0.25) is 4.79 Å². The second-order valence-electron chi connectivity index (χ2n) is 4.93. The lowest BCUT2D eigenvalue weighted by Crippen LogP contribution is -2.20. The minimum atomic E-state index is -0.598. The number of nitrogens with two attached hydrogens (primary N) is 2. The number of alkyl halides is 1. The molecule has 0 saturated heterocycles. The van der Waals surface area contributed by atoms with Crippen molar-refractivity contribution in [1.82, 2.24) is 0 Å².